The minimum absolute atomic E-state index is 0.0623. The van der Waals surface area contributed by atoms with Crippen LogP contribution >= 0.6 is 0 Å². The lowest BCUT2D eigenvalue weighted by Gasteiger charge is -2.16. The predicted octanol–water partition coefficient (Wildman–Crippen LogP) is 1.58. The van der Waals surface area contributed by atoms with Crippen LogP contribution in [0.15, 0.2) is 18.2 Å². The molecule has 0 fully saturated rings. The minimum atomic E-state index is -0.963. The van der Waals surface area contributed by atoms with Gasteiger partial charge < -0.3 is 14.8 Å². The summed E-state index contributed by atoms with van der Waals surface area (Å²) in [5.74, 6) is -1.96. The SMILES string of the molecule is CNC(COC)COc1cccc(F)c1F. The molecule has 16 heavy (non-hydrogen) atoms. The molecule has 0 heterocycles. The summed E-state index contributed by atoms with van der Waals surface area (Å²) in [4.78, 5) is 0. The molecule has 0 aliphatic heterocycles. The van der Waals surface area contributed by atoms with Gasteiger partial charge in [-0.2, -0.15) is 4.39 Å². The van der Waals surface area contributed by atoms with E-state index in [1.54, 1.807) is 14.2 Å². The molecule has 3 nitrogen and oxygen atoms in total. The van der Waals surface area contributed by atoms with Crippen LogP contribution in [-0.2, 0) is 4.74 Å². The maximum atomic E-state index is 13.2. The van der Waals surface area contributed by atoms with Gasteiger partial charge in [0, 0.05) is 7.11 Å². The van der Waals surface area contributed by atoms with Gasteiger partial charge in [0.05, 0.1) is 12.6 Å². The van der Waals surface area contributed by atoms with E-state index in [-0.39, 0.29) is 18.4 Å². The van der Waals surface area contributed by atoms with Crippen molar-refractivity contribution < 1.29 is 18.3 Å². The fourth-order valence-electron chi connectivity index (χ4n) is 1.20. The van der Waals surface area contributed by atoms with Gasteiger partial charge in [-0.1, -0.05) is 6.07 Å². The van der Waals surface area contributed by atoms with Gasteiger partial charge >= 0.3 is 0 Å². The van der Waals surface area contributed by atoms with Crippen LogP contribution in [0, 0.1) is 11.6 Å². The zero-order valence-electron chi connectivity index (χ0n) is 9.30. The summed E-state index contributed by atoms with van der Waals surface area (Å²) in [5, 5.41) is 2.94. The molecule has 1 atom stereocenters. The lowest BCUT2D eigenvalue weighted by molar-refractivity contribution is 0.138. The minimum Gasteiger partial charge on any atom is -0.489 e. The molecule has 0 aromatic heterocycles. The first-order valence-electron chi connectivity index (χ1n) is 4.92. The summed E-state index contributed by atoms with van der Waals surface area (Å²) in [5.41, 5.74) is 0. The average molecular weight is 231 g/mol. The molecule has 1 aromatic carbocycles. The van der Waals surface area contributed by atoms with Crippen LogP contribution in [0.25, 0.3) is 0 Å². The predicted molar refractivity (Wildman–Crippen MR) is 56.6 cm³/mol. The van der Waals surface area contributed by atoms with Gasteiger partial charge in [-0.3, -0.25) is 0 Å². The Hall–Kier alpha value is -1.20. The van der Waals surface area contributed by atoms with Gasteiger partial charge in [-0.05, 0) is 19.2 Å². The van der Waals surface area contributed by atoms with Crippen LogP contribution in [0.5, 0.6) is 5.75 Å². The summed E-state index contributed by atoms with van der Waals surface area (Å²) in [6, 6.07) is 3.77. The summed E-state index contributed by atoms with van der Waals surface area (Å²) in [6.45, 7) is 0.651. The fraction of sp³-hybridized carbons (Fsp3) is 0.455. The third-order valence-corrected chi connectivity index (χ3v) is 2.13. The maximum absolute atomic E-state index is 13.2. The van der Waals surface area contributed by atoms with Crippen LogP contribution in [0.4, 0.5) is 8.78 Å². The van der Waals surface area contributed by atoms with E-state index in [0.717, 1.165) is 6.07 Å². The zero-order chi connectivity index (χ0) is 12.0. The van der Waals surface area contributed by atoms with E-state index in [2.05, 4.69) is 5.32 Å². The normalized spacial score (nSPS) is 12.5. The number of methoxy groups -OCH3 is 1. The number of hydrogen-bond donors (Lipinski definition) is 1. The van der Waals surface area contributed by atoms with Crippen LogP contribution < -0.4 is 10.1 Å². The molecule has 1 aromatic rings. The van der Waals surface area contributed by atoms with Crippen molar-refractivity contribution in [2.75, 3.05) is 27.4 Å². The Balaban J connectivity index is 2.56. The van der Waals surface area contributed by atoms with E-state index < -0.39 is 11.6 Å². The molecule has 0 saturated heterocycles. The molecule has 1 rings (SSSR count). The zero-order valence-corrected chi connectivity index (χ0v) is 9.30. The molecule has 0 amide bonds. The molecule has 0 saturated carbocycles. The van der Waals surface area contributed by atoms with Crippen molar-refractivity contribution in [3.63, 3.8) is 0 Å². The molecule has 0 spiro atoms. The van der Waals surface area contributed by atoms with Crippen molar-refractivity contribution in [3.8, 4) is 5.75 Å². The summed E-state index contributed by atoms with van der Waals surface area (Å²) >= 11 is 0. The smallest absolute Gasteiger partial charge is 0.200 e. The van der Waals surface area contributed by atoms with Crippen molar-refractivity contribution in [1.29, 1.82) is 0 Å². The highest BCUT2D eigenvalue weighted by atomic mass is 19.2. The number of hydrogen-bond acceptors (Lipinski definition) is 3. The Morgan fingerprint density at radius 3 is 2.69 bits per heavy atom. The highest BCUT2D eigenvalue weighted by Gasteiger charge is 2.11. The molecule has 5 heteroatoms. The molecule has 1 unspecified atom stereocenters. The van der Waals surface area contributed by atoms with E-state index in [4.69, 9.17) is 9.47 Å². The Morgan fingerprint density at radius 1 is 1.31 bits per heavy atom. The molecular weight excluding hydrogens is 216 g/mol. The third-order valence-electron chi connectivity index (χ3n) is 2.13. The van der Waals surface area contributed by atoms with Gasteiger partial charge in [0.25, 0.3) is 0 Å². The Morgan fingerprint density at radius 2 is 2.06 bits per heavy atom. The van der Waals surface area contributed by atoms with E-state index in [9.17, 15) is 8.78 Å². The molecule has 90 valence electrons. The van der Waals surface area contributed by atoms with Crippen LogP contribution in [0.1, 0.15) is 0 Å². The quantitative estimate of drug-likeness (QED) is 0.806. The second-order valence-corrected chi connectivity index (χ2v) is 3.30. The number of ether oxygens (including phenoxy) is 2. The topological polar surface area (TPSA) is 30.5 Å². The van der Waals surface area contributed by atoms with Crippen LogP contribution in [-0.4, -0.2) is 33.4 Å². The summed E-state index contributed by atoms with van der Waals surface area (Å²) < 4.78 is 36.1. The molecule has 0 bridgehead atoms. The summed E-state index contributed by atoms with van der Waals surface area (Å²) in [7, 11) is 3.31. The first-order valence-corrected chi connectivity index (χ1v) is 4.92. The molecule has 0 radical (unpaired) electrons. The molecular formula is C11H15F2NO2. The Kier molecular flexibility index (Phi) is 5.14. The number of likely N-dealkylation sites (N-methyl/N-ethyl adjacent to an activating group) is 1. The van der Waals surface area contributed by atoms with Crippen molar-refractivity contribution >= 4 is 0 Å². The number of halogens is 2. The second kappa shape index (κ2) is 6.40. The monoisotopic (exact) mass is 231 g/mol. The highest BCUT2D eigenvalue weighted by Crippen LogP contribution is 2.19. The van der Waals surface area contributed by atoms with E-state index in [0.29, 0.717) is 6.61 Å². The van der Waals surface area contributed by atoms with Crippen LogP contribution in [0.3, 0.4) is 0 Å². The lowest BCUT2D eigenvalue weighted by Crippen LogP contribution is -2.35. The van der Waals surface area contributed by atoms with E-state index in [1.807, 2.05) is 0 Å². The molecule has 0 aliphatic carbocycles. The van der Waals surface area contributed by atoms with Crippen molar-refractivity contribution in [2.24, 2.45) is 0 Å². The fourth-order valence-corrected chi connectivity index (χ4v) is 1.20. The maximum Gasteiger partial charge on any atom is 0.200 e. The average Bonchev–Trinajstić information content (AvgIpc) is 2.29. The van der Waals surface area contributed by atoms with Gasteiger partial charge in [0.15, 0.2) is 11.6 Å². The van der Waals surface area contributed by atoms with Crippen molar-refractivity contribution in [2.45, 2.75) is 6.04 Å². The van der Waals surface area contributed by atoms with Gasteiger partial charge in [-0.25, -0.2) is 4.39 Å². The van der Waals surface area contributed by atoms with Crippen LogP contribution in [0.2, 0.25) is 0 Å². The summed E-state index contributed by atoms with van der Waals surface area (Å²) in [6.07, 6.45) is 0. The number of nitrogens with one attached hydrogen (secondary N) is 1. The lowest BCUT2D eigenvalue weighted by atomic mass is 10.3. The Bertz CT molecular complexity index is 334. The first kappa shape index (κ1) is 12.9. The van der Waals surface area contributed by atoms with Gasteiger partial charge in [0.2, 0.25) is 5.82 Å². The molecule has 0 aliphatic rings. The first-order chi connectivity index (χ1) is 7.69. The van der Waals surface area contributed by atoms with Gasteiger partial charge in [0.1, 0.15) is 6.61 Å². The second-order valence-electron chi connectivity index (χ2n) is 3.30. The highest BCUT2D eigenvalue weighted by molar-refractivity contribution is 5.25. The largest absolute Gasteiger partial charge is 0.489 e. The molecule has 1 N–H and O–H groups in total. The number of rotatable bonds is 6. The standard InChI is InChI=1S/C11H15F2NO2/c1-14-8(6-15-2)7-16-10-5-3-4-9(12)11(10)13/h3-5,8,14H,6-7H2,1-2H3. The Labute approximate surface area is 93.4 Å². The van der Waals surface area contributed by atoms with Gasteiger partial charge in [-0.15, -0.1) is 0 Å². The van der Waals surface area contributed by atoms with E-state index in [1.165, 1.54) is 12.1 Å². The van der Waals surface area contributed by atoms with Crippen molar-refractivity contribution in [3.05, 3.63) is 29.8 Å². The van der Waals surface area contributed by atoms with E-state index >= 15 is 0 Å². The van der Waals surface area contributed by atoms with Crippen molar-refractivity contribution in [1.82, 2.24) is 5.32 Å². The third kappa shape index (κ3) is 3.43. The number of benzene rings is 1.